The molecule has 2 aliphatic rings. The number of fused-ring (bicyclic) bond motifs is 2. The lowest BCUT2D eigenvalue weighted by Crippen LogP contribution is -2.27. The second-order valence-electron chi connectivity index (χ2n) is 8.07. The van der Waals surface area contributed by atoms with Crippen LogP contribution < -0.4 is 15.8 Å². The lowest BCUT2D eigenvalue weighted by molar-refractivity contribution is -0.0180. The van der Waals surface area contributed by atoms with E-state index in [9.17, 15) is 4.79 Å². The molecule has 5 rings (SSSR count). The van der Waals surface area contributed by atoms with E-state index in [2.05, 4.69) is 15.5 Å². The van der Waals surface area contributed by atoms with Gasteiger partial charge in [-0.05, 0) is 43.9 Å². The van der Waals surface area contributed by atoms with Gasteiger partial charge in [-0.3, -0.25) is 9.48 Å². The normalized spacial score (nSPS) is 22.0. The maximum atomic E-state index is 11.8. The third kappa shape index (κ3) is 3.89. The molecule has 0 unspecified atom stereocenters. The number of anilines is 2. The Morgan fingerprint density at radius 3 is 2.72 bits per heavy atom. The Hall–Kier alpha value is -3.17. The van der Waals surface area contributed by atoms with Crippen LogP contribution in [0.3, 0.4) is 0 Å². The molecule has 0 radical (unpaired) electrons. The van der Waals surface area contributed by atoms with E-state index in [-0.39, 0.29) is 10.8 Å². The number of aromatic nitrogens is 4. The number of nitrogens with zero attached hydrogens (tertiary/aromatic N) is 4. The Bertz CT molecular complexity index is 1150. The van der Waals surface area contributed by atoms with Gasteiger partial charge in [0.1, 0.15) is 0 Å². The molecule has 0 spiro atoms. The molecule has 2 fully saturated rings. The first-order chi connectivity index (χ1) is 15.5. The maximum absolute atomic E-state index is 11.8. The molecule has 2 saturated heterocycles. The Morgan fingerprint density at radius 2 is 2.00 bits per heavy atom. The average molecular weight is 455 g/mol. The van der Waals surface area contributed by atoms with Gasteiger partial charge in [-0.1, -0.05) is 17.7 Å². The highest BCUT2D eigenvalue weighted by Gasteiger charge is 2.36. The number of nitrogens with one attached hydrogen (secondary N) is 1. The highest BCUT2D eigenvalue weighted by Crippen LogP contribution is 2.40. The zero-order valence-electron chi connectivity index (χ0n) is 17.5. The first-order valence-electron chi connectivity index (χ1n) is 10.5. The summed E-state index contributed by atoms with van der Waals surface area (Å²) in [5, 5.41) is 15.6. The van der Waals surface area contributed by atoms with E-state index in [0.29, 0.717) is 35.4 Å². The van der Waals surface area contributed by atoms with Crippen molar-refractivity contribution in [2.45, 2.75) is 43.9 Å². The fraction of sp³-hybridized carbons (Fsp3) is 0.364. The molecule has 166 valence electrons. The quantitative estimate of drug-likeness (QED) is 0.582. The van der Waals surface area contributed by atoms with Gasteiger partial charge >= 0.3 is 0 Å². The van der Waals surface area contributed by atoms with Crippen molar-refractivity contribution in [1.82, 2.24) is 20.0 Å². The number of ether oxygens (including phenoxy) is 2. The number of halogens is 1. The van der Waals surface area contributed by atoms with Crippen LogP contribution >= 0.6 is 11.6 Å². The molecule has 2 aromatic heterocycles. The van der Waals surface area contributed by atoms with E-state index in [0.717, 1.165) is 36.9 Å². The minimum atomic E-state index is -0.712. The Labute approximate surface area is 189 Å². The van der Waals surface area contributed by atoms with Crippen LogP contribution in [-0.2, 0) is 4.74 Å². The van der Waals surface area contributed by atoms with Gasteiger partial charge in [0.2, 0.25) is 0 Å². The summed E-state index contributed by atoms with van der Waals surface area (Å²) in [5.41, 5.74) is 8.00. The molecule has 2 aliphatic heterocycles. The number of carbonyl (C=O) groups excluding carboxylic acids is 1. The Kier molecular flexibility index (Phi) is 5.44. The van der Waals surface area contributed by atoms with Crippen molar-refractivity contribution in [2.24, 2.45) is 5.73 Å². The number of primary amides is 1. The summed E-state index contributed by atoms with van der Waals surface area (Å²) >= 11 is 5.97. The van der Waals surface area contributed by atoms with E-state index < -0.39 is 5.91 Å². The largest absolute Gasteiger partial charge is 0.494 e. The second-order valence-corrected chi connectivity index (χ2v) is 8.46. The van der Waals surface area contributed by atoms with E-state index >= 15 is 0 Å². The SMILES string of the molecule is COc1c(Nc2cc(Cl)nnc2C(N)=O)cccc1-c1ccn([C@H]2C[C@H]3CC[C@@H](C2)O3)n1. The molecule has 2 bridgehead atoms. The molecular formula is C22H23ClN6O3. The molecular weight excluding hydrogens is 432 g/mol. The topological polar surface area (TPSA) is 117 Å². The summed E-state index contributed by atoms with van der Waals surface area (Å²) < 4.78 is 13.7. The van der Waals surface area contributed by atoms with Crippen LogP contribution in [0.4, 0.5) is 11.4 Å². The zero-order valence-corrected chi connectivity index (χ0v) is 18.2. The van der Waals surface area contributed by atoms with Crippen molar-refractivity contribution in [3.8, 4) is 17.0 Å². The van der Waals surface area contributed by atoms with Gasteiger partial charge in [-0.25, -0.2) is 0 Å². The van der Waals surface area contributed by atoms with Crippen LogP contribution in [0.15, 0.2) is 36.5 Å². The summed E-state index contributed by atoms with van der Waals surface area (Å²) in [5.74, 6) is -0.135. The number of methoxy groups -OCH3 is 1. The molecule has 1 amide bonds. The summed E-state index contributed by atoms with van der Waals surface area (Å²) in [6.07, 6.45) is 6.95. The monoisotopic (exact) mass is 454 g/mol. The number of amides is 1. The first-order valence-corrected chi connectivity index (χ1v) is 10.9. The number of hydrogen-bond donors (Lipinski definition) is 2. The standard InChI is InChI=1S/C22H23ClN6O3/c1-31-21-15(16-7-8-29(28-16)12-9-13-5-6-14(10-12)32-13)3-2-4-17(21)25-18-11-19(23)26-27-20(18)22(24)30/h2-4,7-8,11-14H,5-6,9-10H2,1H3,(H2,24,30)(H,25,26)/t12-,13+,14-. The molecule has 0 saturated carbocycles. The van der Waals surface area contributed by atoms with Crippen LogP contribution in [0.25, 0.3) is 11.3 Å². The molecule has 10 heteroatoms. The minimum Gasteiger partial charge on any atom is -0.494 e. The maximum Gasteiger partial charge on any atom is 0.271 e. The lowest BCUT2D eigenvalue weighted by Gasteiger charge is -2.28. The van der Waals surface area contributed by atoms with Crippen LogP contribution in [-0.4, -0.2) is 45.2 Å². The predicted octanol–water partition coefficient (Wildman–Crippen LogP) is 3.73. The molecule has 0 aliphatic carbocycles. The first kappa shape index (κ1) is 20.7. The molecule has 3 atom stereocenters. The minimum absolute atomic E-state index is 0.0136. The van der Waals surface area contributed by atoms with E-state index in [1.807, 2.05) is 35.1 Å². The predicted molar refractivity (Wildman–Crippen MR) is 119 cm³/mol. The highest BCUT2D eigenvalue weighted by molar-refractivity contribution is 6.29. The Morgan fingerprint density at radius 1 is 1.22 bits per heavy atom. The summed E-state index contributed by atoms with van der Waals surface area (Å²) in [7, 11) is 1.59. The van der Waals surface area contributed by atoms with Crippen molar-refractivity contribution in [3.05, 3.63) is 47.4 Å². The fourth-order valence-electron chi connectivity index (χ4n) is 4.58. The van der Waals surface area contributed by atoms with E-state index in [4.69, 9.17) is 31.9 Å². The molecule has 3 N–H and O–H groups in total. The zero-order chi connectivity index (χ0) is 22.2. The number of para-hydroxylation sites is 1. The van der Waals surface area contributed by atoms with Gasteiger partial charge in [0.15, 0.2) is 16.6 Å². The van der Waals surface area contributed by atoms with Crippen molar-refractivity contribution in [1.29, 1.82) is 0 Å². The Balaban J connectivity index is 1.46. The van der Waals surface area contributed by atoms with Crippen molar-refractivity contribution < 1.29 is 14.3 Å². The molecule has 32 heavy (non-hydrogen) atoms. The van der Waals surface area contributed by atoms with Crippen LogP contribution in [0.2, 0.25) is 5.15 Å². The molecule has 1 aromatic carbocycles. The van der Waals surface area contributed by atoms with Crippen molar-refractivity contribution in [2.75, 3.05) is 12.4 Å². The van der Waals surface area contributed by atoms with Crippen LogP contribution in [0, 0.1) is 0 Å². The van der Waals surface area contributed by atoms with Gasteiger partial charge in [-0.15, -0.1) is 10.2 Å². The number of nitrogens with two attached hydrogens (primary N) is 1. The summed E-state index contributed by atoms with van der Waals surface area (Å²) in [6.45, 7) is 0. The van der Waals surface area contributed by atoms with Crippen LogP contribution in [0.1, 0.15) is 42.2 Å². The van der Waals surface area contributed by atoms with Gasteiger partial charge in [0.25, 0.3) is 5.91 Å². The van der Waals surface area contributed by atoms with Gasteiger partial charge < -0.3 is 20.5 Å². The highest BCUT2D eigenvalue weighted by atomic mass is 35.5. The van der Waals surface area contributed by atoms with Crippen molar-refractivity contribution in [3.63, 3.8) is 0 Å². The third-order valence-corrected chi connectivity index (χ3v) is 6.19. The number of hydrogen-bond acceptors (Lipinski definition) is 7. The fourth-order valence-corrected chi connectivity index (χ4v) is 4.73. The van der Waals surface area contributed by atoms with Gasteiger partial charge in [-0.2, -0.15) is 5.10 Å². The van der Waals surface area contributed by atoms with E-state index in [1.54, 1.807) is 7.11 Å². The molecule has 3 aromatic rings. The number of rotatable bonds is 6. The second kappa shape index (κ2) is 8.40. The average Bonchev–Trinajstić information content (AvgIpc) is 3.40. The summed E-state index contributed by atoms with van der Waals surface area (Å²) in [4.78, 5) is 11.8. The third-order valence-electron chi connectivity index (χ3n) is 6.01. The van der Waals surface area contributed by atoms with Crippen LogP contribution in [0.5, 0.6) is 5.75 Å². The molecule has 9 nitrogen and oxygen atoms in total. The van der Waals surface area contributed by atoms with E-state index in [1.165, 1.54) is 6.07 Å². The number of benzene rings is 1. The smallest absolute Gasteiger partial charge is 0.271 e. The van der Waals surface area contributed by atoms with Crippen molar-refractivity contribution >= 4 is 28.9 Å². The van der Waals surface area contributed by atoms with Gasteiger partial charge in [0, 0.05) is 17.8 Å². The number of carbonyl (C=O) groups is 1. The van der Waals surface area contributed by atoms with Gasteiger partial charge in [0.05, 0.1) is 42.4 Å². The molecule has 4 heterocycles. The lowest BCUT2D eigenvalue weighted by atomic mass is 10.0. The summed E-state index contributed by atoms with van der Waals surface area (Å²) in [6, 6.07) is 9.47.